The molecular weight excluding hydrogens is 1130 g/mol. The Bertz CT molecular complexity index is 2360. The van der Waals surface area contributed by atoms with E-state index in [-0.39, 0.29) is 96.6 Å². The Morgan fingerprint density at radius 2 is 1.15 bits per heavy atom. The first kappa shape index (κ1) is 78.0. The van der Waals surface area contributed by atoms with E-state index in [9.17, 15) is 63.0 Å². The summed E-state index contributed by atoms with van der Waals surface area (Å²) >= 11 is 0. The van der Waals surface area contributed by atoms with Crippen molar-refractivity contribution in [1.82, 2.24) is 42.5 Å². The van der Waals surface area contributed by atoms with Gasteiger partial charge >= 0.3 is 0 Å². The van der Waals surface area contributed by atoms with Gasteiger partial charge in [0.2, 0.25) is 41.4 Å². The van der Waals surface area contributed by atoms with E-state index < -0.39 is 168 Å². The van der Waals surface area contributed by atoms with Crippen LogP contribution in [0.2, 0.25) is 0 Å². The minimum Gasteiger partial charge on any atom is -0.393 e. The Labute approximate surface area is 519 Å². The highest BCUT2D eigenvalue weighted by molar-refractivity contribution is 5.99. The Kier molecular flexibility index (Phi) is 37.9. The summed E-state index contributed by atoms with van der Waals surface area (Å²) in [5.41, 5.74) is 30.6. The number of nitrogens with two attached hydrogens (primary N) is 5. The second-order valence-electron chi connectivity index (χ2n) is 23.9. The predicted octanol–water partition coefficient (Wildman–Crippen LogP) is -1.15. The number of hydrogen-bond acceptors (Lipinski definition) is 19. The third kappa shape index (κ3) is 28.6. The van der Waals surface area contributed by atoms with Gasteiger partial charge in [-0.15, -0.1) is 0 Å². The number of benzene rings is 1. The van der Waals surface area contributed by atoms with E-state index in [1.54, 1.807) is 37.4 Å². The maximum absolute atomic E-state index is 14.7. The maximum atomic E-state index is 14.7. The van der Waals surface area contributed by atoms with Crippen LogP contribution in [-0.4, -0.2) is 176 Å². The molecule has 88 heavy (non-hydrogen) atoms. The van der Waals surface area contributed by atoms with Crippen molar-refractivity contribution in [2.45, 2.75) is 211 Å². The van der Waals surface area contributed by atoms with Gasteiger partial charge in [-0.05, 0) is 123 Å². The zero-order valence-electron chi connectivity index (χ0n) is 52.9. The number of Topliss-reactive ketones (excluding diaryl/α,β-unsaturated/α-hetero) is 4. The van der Waals surface area contributed by atoms with Crippen molar-refractivity contribution >= 4 is 64.5 Å². The van der Waals surface area contributed by atoms with Crippen LogP contribution in [0.5, 0.6) is 0 Å². The van der Waals surface area contributed by atoms with Crippen LogP contribution in [0.1, 0.15) is 156 Å². The molecule has 26 heteroatoms. The molecule has 1 aliphatic heterocycles. The van der Waals surface area contributed by atoms with Crippen molar-refractivity contribution in [1.29, 1.82) is 0 Å². The SMILES string of the molecule is CCCCCCCC[C@H](N)C(=O)N[C@@H](CCN)C(=O)C[C@H](C(=O)N[C@@H](CCNC)C(=O)C[C@H]1CCNC(=O)[C@H]([C@@H](C)O)CC(=O)[C@H](CCN)NC(=O)[C@H](CCN)NC(=O)[C@H](CC(C)C)NC(=O)[C@@H](Cc2ccccc2)CC(=O)[C@H](CCN)NC1=O)[C@@H](C)O. The second-order valence-corrected chi connectivity index (χ2v) is 23.9. The van der Waals surface area contributed by atoms with E-state index in [4.69, 9.17) is 28.7 Å². The number of amides is 7. The van der Waals surface area contributed by atoms with Gasteiger partial charge in [-0.25, -0.2) is 0 Å². The maximum Gasteiger partial charge on any atom is 0.243 e. The molecule has 0 aliphatic carbocycles. The highest BCUT2D eigenvalue weighted by atomic mass is 16.3. The van der Waals surface area contributed by atoms with Gasteiger partial charge < -0.3 is 81.4 Å². The fourth-order valence-electron chi connectivity index (χ4n) is 10.6. The summed E-state index contributed by atoms with van der Waals surface area (Å²) in [5, 5.41) is 43.6. The molecule has 2 rings (SSSR count). The third-order valence-electron chi connectivity index (χ3n) is 15.9. The lowest BCUT2D eigenvalue weighted by molar-refractivity contribution is -0.137. The summed E-state index contributed by atoms with van der Waals surface area (Å²) in [7, 11) is 1.60. The highest BCUT2D eigenvalue weighted by Gasteiger charge is 2.38. The molecule has 1 saturated heterocycles. The molecule has 13 atom stereocenters. The first-order valence-electron chi connectivity index (χ1n) is 31.7. The van der Waals surface area contributed by atoms with E-state index >= 15 is 0 Å². The fourth-order valence-corrected chi connectivity index (χ4v) is 10.6. The molecule has 20 N–H and O–H groups in total. The number of rotatable bonds is 34. The molecule has 498 valence electrons. The number of carbonyl (C=O) groups is 11. The van der Waals surface area contributed by atoms with E-state index in [0.29, 0.717) is 18.4 Å². The molecular formula is C62H107N13O13. The average molecular weight is 1240 g/mol. The van der Waals surface area contributed by atoms with Crippen LogP contribution in [0.4, 0.5) is 0 Å². The molecule has 7 amide bonds. The van der Waals surface area contributed by atoms with E-state index in [1.807, 2.05) is 13.8 Å². The van der Waals surface area contributed by atoms with Crippen molar-refractivity contribution in [2.75, 3.05) is 46.3 Å². The third-order valence-corrected chi connectivity index (χ3v) is 15.9. The molecule has 1 heterocycles. The second kappa shape index (κ2) is 42.7. The molecule has 1 aliphatic rings. The van der Waals surface area contributed by atoms with Gasteiger partial charge in [0, 0.05) is 44.1 Å². The van der Waals surface area contributed by atoms with Crippen LogP contribution in [0, 0.1) is 29.6 Å². The number of hydrogen-bond donors (Lipinski definition) is 15. The number of ketones is 4. The van der Waals surface area contributed by atoms with Crippen LogP contribution in [0.25, 0.3) is 0 Å². The number of unbranched alkanes of at least 4 members (excludes halogenated alkanes) is 5. The van der Waals surface area contributed by atoms with Crippen LogP contribution in [0.15, 0.2) is 30.3 Å². The molecule has 0 radical (unpaired) electrons. The van der Waals surface area contributed by atoms with Crippen LogP contribution in [0.3, 0.4) is 0 Å². The van der Waals surface area contributed by atoms with E-state index in [2.05, 4.69) is 49.5 Å². The predicted molar refractivity (Wildman–Crippen MR) is 334 cm³/mol. The Morgan fingerprint density at radius 3 is 1.73 bits per heavy atom. The van der Waals surface area contributed by atoms with Crippen molar-refractivity contribution < 1.29 is 63.0 Å². The first-order valence-corrected chi connectivity index (χ1v) is 31.7. The average Bonchev–Trinajstić information content (AvgIpc) is 2.35. The van der Waals surface area contributed by atoms with Gasteiger partial charge in [0.15, 0.2) is 23.1 Å². The zero-order chi connectivity index (χ0) is 65.9. The molecule has 26 nitrogen and oxygen atoms in total. The van der Waals surface area contributed by atoms with Crippen molar-refractivity contribution in [3.05, 3.63) is 35.9 Å². The molecule has 0 bridgehead atoms. The van der Waals surface area contributed by atoms with Gasteiger partial charge in [-0.1, -0.05) is 89.6 Å². The minimum atomic E-state index is -1.44. The van der Waals surface area contributed by atoms with Gasteiger partial charge in [-0.3, -0.25) is 52.7 Å². The summed E-state index contributed by atoms with van der Waals surface area (Å²) in [6.45, 7) is 7.87. The summed E-state index contributed by atoms with van der Waals surface area (Å²) in [5.74, 6) is -13.4. The molecule has 0 unspecified atom stereocenters. The topological polar surface area (TPSA) is 455 Å². The number of aliphatic hydroxyl groups is 2. The molecule has 1 aromatic carbocycles. The minimum absolute atomic E-state index is 0.00482. The quantitative estimate of drug-likeness (QED) is 0.0362. The Morgan fingerprint density at radius 1 is 0.614 bits per heavy atom. The monoisotopic (exact) mass is 1240 g/mol. The van der Waals surface area contributed by atoms with Crippen LogP contribution < -0.4 is 71.2 Å². The molecule has 1 fully saturated rings. The molecule has 0 saturated carbocycles. The molecule has 0 aromatic heterocycles. The summed E-state index contributed by atoms with van der Waals surface area (Å²) in [6.07, 6.45) is 0.696. The van der Waals surface area contributed by atoms with Crippen LogP contribution in [-0.2, 0) is 59.2 Å². The van der Waals surface area contributed by atoms with Crippen molar-refractivity contribution in [3.8, 4) is 0 Å². The lowest BCUT2D eigenvalue weighted by Gasteiger charge is -2.28. The standard InChI is InChI=1S/C62H107N13O13/c1-7-8-9-10-11-15-18-45(67)60(86)72-47(20-26-64)55(81)36-44(39(5)77)59(85)71-49(24-29-68-6)52(78)33-41-23-30-69-58(84)43(38(4)76)35-54(80)48(21-27-65)73-61(87)50(22-28-66)74-62(88)51(31-37(2)3)75-57(83)42(32-40-16-13-12-14-17-40)34-53(79)46(19-25-63)70-56(41)82/h12-14,16-17,37-39,41-51,68,76-77H,7-11,15,18-36,63-67H2,1-6H3,(H,69,84)(H,70,82)(H,71,85)(H,72,86)(H,73,87)(H,74,88)(H,75,83)/t38-,39-,41-,42+,43+,44+,45+,46+,47+,48+,49+,50+,51+/m1/s1. The molecule has 0 spiro atoms. The molecule has 1 aromatic rings. The fraction of sp³-hybridized carbons (Fsp3) is 0.726. The summed E-state index contributed by atoms with van der Waals surface area (Å²) < 4.78 is 0. The van der Waals surface area contributed by atoms with E-state index in [1.165, 1.54) is 13.8 Å². The lowest BCUT2D eigenvalue weighted by Crippen LogP contribution is -2.57. The summed E-state index contributed by atoms with van der Waals surface area (Å²) in [4.78, 5) is 156. The smallest absolute Gasteiger partial charge is 0.243 e. The van der Waals surface area contributed by atoms with Gasteiger partial charge in [0.1, 0.15) is 12.1 Å². The Hall–Kier alpha value is -6.13. The largest absolute Gasteiger partial charge is 0.393 e. The normalized spacial score (nSPS) is 22.8. The first-order chi connectivity index (χ1) is 41.8. The van der Waals surface area contributed by atoms with Gasteiger partial charge in [0.05, 0.1) is 54.3 Å². The highest BCUT2D eigenvalue weighted by Crippen LogP contribution is 2.22. The number of nitrogens with one attached hydrogen (secondary N) is 8. The number of carbonyl (C=O) groups excluding carboxylic acids is 11. The van der Waals surface area contributed by atoms with Crippen molar-refractivity contribution in [3.63, 3.8) is 0 Å². The lowest BCUT2D eigenvalue weighted by atomic mass is 9.88. The van der Waals surface area contributed by atoms with Crippen LogP contribution >= 0.6 is 0 Å². The zero-order valence-corrected chi connectivity index (χ0v) is 52.9. The van der Waals surface area contributed by atoms with E-state index in [0.717, 1.165) is 32.1 Å². The van der Waals surface area contributed by atoms with Gasteiger partial charge in [-0.2, -0.15) is 0 Å². The van der Waals surface area contributed by atoms with Crippen molar-refractivity contribution in [2.24, 2.45) is 58.3 Å². The Balaban J connectivity index is 2.68. The number of aliphatic hydroxyl groups excluding tert-OH is 2. The van der Waals surface area contributed by atoms with Gasteiger partial charge in [0.25, 0.3) is 0 Å². The summed E-state index contributed by atoms with van der Waals surface area (Å²) in [6, 6.07) is 0.269.